The molecule has 218 valence electrons. The molecule has 0 bridgehead atoms. The number of carbonyl (C=O) groups is 2. The number of hydrogen-bond donors (Lipinski definition) is 2. The number of urea groups is 1. The van der Waals surface area contributed by atoms with Crippen LogP contribution in [0.3, 0.4) is 0 Å². The van der Waals surface area contributed by atoms with Crippen LogP contribution < -0.4 is 10.6 Å². The summed E-state index contributed by atoms with van der Waals surface area (Å²) in [7, 11) is -3.73. The molecule has 1 aliphatic rings. The maximum Gasteiger partial charge on any atom is 0.356 e. The molecule has 2 aromatic carbocycles. The van der Waals surface area contributed by atoms with E-state index in [0.29, 0.717) is 26.3 Å². The van der Waals surface area contributed by atoms with Crippen molar-refractivity contribution in [1.82, 2.24) is 15.5 Å². The van der Waals surface area contributed by atoms with Crippen molar-refractivity contribution >= 4 is 19.5 Å². The summed E-state index contributed by atoms with van der Waals surface area (Å²) in [5.41, 5.74) is 2.13. The number of carbonyl (C=O) groups excluding carboxylic acids is 2. The Labute approximate surface area is 237 Å². The molecule has 3 rings (SSSR count). The number of aryl methyl sites for hydroxylation is 1. The molecule has 1 heterocycles. The van der Waals surface area contributed by atoms with Crippen molar-refractivity contribution in [3.63, 3.8) is 0 Å². The van der Waals surface area contributed by atoms with E-state index < -0.39 is 25.3 Å². The zero-order valence-electron chi connectivity index (χ0n) is 23.5. The summed E-state index contributed by atoms with van der Waals surface area (Å²) in [6.45, 7) is 5.58. The number of allylic oxidation sites excluding steroid dienone is 1. The fourth-order valence-electron chi connectivity index (χ4n) is 4.40. The normalized spacial score (nSPS) is 15.5. The zero-order chi connectivity index (χ0) is 28.6. The summed E-state index contributed by atoms with van der Waals surface area (Å²) in [6.07, 6.45) is 6.38. The van der Waals surface area contributed by atoms with Crippen LogP contribution in [0.1, 0.15) is 37.8 Å². The van der Waals surface area contributed by atoms with Crippen molar-refractivity contribution in [3.05, 3.63) is 83.9 Å². The second-order valence-electron chi connectivity index (χ2n) is 9.43. The van der Waals surface area contributed by atoms with Crippen LogP contribution in [0.5, 0.6) is 0 Å². The lowest BCUT2D eigenvalue weighted by Gasteiger charge is -2.30. The number of hydrogen-bond acceptors (Lipinski definition) is 6. The molecule has 10 heteroatoms. The van der Waals surface area contributed by atoms with Gasteiger partial charge in [-0.15, -0.1) is 0 Å². The summed E-state index contributed by atoms with van der Waals surface area (Å²) >= 11 is 0. The number of morpholine rings is 1. The van der Waals surface area contributed by atoms with Crippen molar-refractivity contribution in [3.8, 4) is 0 Å². The molecule has 0 aromatic heterocycles. The van der Waals surface area contributed by atoms with Gasteiger partial charge >= 0.3 is 13.6 Å². The Morgan fingerprint density at radius 2 is 1.55 bits per heavy atom. The first-order chi connectivity index (χ1) is 19.4. The van der Waals surface area contributed by atoms with Crippen LogP contribution in [-0.4, -0.2) is 68.2 Å². The van der Waals surface area contributed by atoms with Gasteiger partial charge in [0.15, 0.2) is 0 Å². The Kier molecular flexibility index (Phi) is 13.4. The molecule has 1 saturated heterocycles. The number of rotatable bonds is 15. The summed E-state index contributed by atoms with van der Waals surface area (Å²) in [5, 5.41) is 5.74. The van der Waals surface area contributed by atoms with Gasteiger partial charge in [0.05, 0.1) is 26.4 Å². The van der Waals surface area contributed by atoms with Crippen LogP contribution >= 0.6 is 7.60 Å². The van der Waals surface area contributed by atoms with Crippen molar-refractivity contribution in [1.29, 1.82) is 0 Å². The lowest BCUT2D eigenvalue weighted by atomic mass is 10.1. The van der Waals surface area contributed by atoms with Crippen LogP contribution in [0.4, 0.5) is 4.79 Å². The Balaban J connectivity index is 1.75. The molecule has 0 unspecified atom stereocenters. The van der Waals surface area contributed by atoms with Gasteiger partial charge in [-0.3, -0.25) is 9.36 Å². The summed E-state index contributed by atoms with van der Waals surface area (Å²) < 4.78 is 30.3. The monoisotopic (exact) mass is 571 g/mol. The second kappa shape index (κ2) is 17.0. The van der Waals surface area contributed by atoms with E-state index in [1.807, 2.05) is 54.6 Å². The van der Waals surface area contributed by atoms with E-state index in [9.17, 15) is 14.2 Å². The predicted octanol–water partition coefficient (Wildman–Crippen LogP) is 4.93. The van der Waals surface area contributed by atoms with E-state index in [2.05, 4.69) is 22.8 Å². The largest absolute Gasteiger partial charge is 0.378 e. The third-order valence-electron chi connectivity index (χ3n) is 6.44. The molecule has 0 saturated carbocycles. The van der Waals surface area contributed by atoms with Gasteiger partial charge in [-0.05, 0) is 44.2 Å². The quantitative estimate of drug-likeness (QED) is 0.179. The van der Waals surface area contributed by atoms with E-state index in [1.54, 1.807) is 24.8 Å². The number of unbranched alkanes of at least 4 members (excludes halogenated alkanes) is 1. The van der Waals surface area contributed by atoms with E-state index in [1.165, 1.54) is 5.56 Å². The number of benzene rings is 2. The Morgan fingerprint density at radius 3 is 2.15 bits per heavy atom. The standard InChI is InChI=1S/C30H42N3O6P/c1-3-38-40(36,39-4-2)28(19-13-7-10-16-25-14-8-5-9-15-25)32-29(34)27(24-26-17-11-6-12-18-26)31-30(35)33-20-22-37-23-21-33/h5-6,8-9,11-15,17-19,27-28H,3-4,7,10,16,20-24H2,1-2H3,(H,31,35)(H,32,34)/t27-,28-/m0/s1. The summed E-state index contributed by atoms with van der Waals surface area (Å²) in [4.78, 5) is 28.3. The predicted molar refractivity (Wildman–Crippen MR) is 156 cm³/mol. The van der Waals surface area contributed by atoms with Gasteiger partial charge in [-0.25, -0.2) is 4.79 Å². The third kappa shape index (κ3) is 10.2. The first-order valence-electron chi connectivity index (χ1n) is 14.0. The first-order valence-corrected chi connectivity index (χ1v) is 15.6. The molecule has 1 fully saturated rings. The molecule has 2 atom stereocenters. The highest BCUT2D eigenvalue weighted by Gasteiger charge is 2.37. The number of nitrogens with one attached hydrogen (secondary N) is 2. The molecule has 9 nitrogen and oxygen atoms in total. The zero-order valence-corrected chi connectivity index (χ0v) is 24.4. The van der Waals surface area contributed by atoms with E-state index >= 15 is 0 Å². The fraction of sp³-hybridized carbons (Fsp3) is 0.467. The van der Waals surface area contributed by atoms with Crippen LogP contribution in [0.2, 0.25) is 0 Å². The smallest absolute Gasteiger partial charge is 0.356 e. The van der Waals surface area contributed by atoms with Crippen molar-refractivity contribution in [2.24, 2.45) is 0 Å². The molecule has 3 amide bonds. The van der Waals surface area contributed by atoms with Gasteiger partial charge in [0.25, 0.3) is 0 Å². The van der Waals surface area contributed by atoms with Gasteiger partial charge in [0, 0.05) is 19.5 Å². The van der Waals surface area contributed by atoms with Crippen molar-refractivity contribution in [2.45, 2.75) is 51.4 Å². The average Bonchev–Trinajstić information content (AvgIpc) is 2.97. The van der Waals surface area contributed by atoms with Gasteiger partial charge in [0.2, 0.25) is 5.91 Å². The number of ether oxygens (including phenoxy) is 1. The van der Waals surface area contributed by atoms with Crippen LogP contribution in [-0.2, 0) is 36.0 Å². The van der Waals surface area contributed by atoms with Crippen LogP contribution in [0, 0.1) is 0 Å². The minimum atomic E-state index is -3.73. The Morgan fingerprint density at radius 1 is 0.950 bits per heavy atom. The molecule has 40 heavy (non-hydrogen) atoms. The molecule has 0 radical (unpaired) electrons. The highest BCUT2D eigenvalue weighted by atomic mass is 31.2. The highest BCUT2D eigenvalue weighted by Crippen LogP contribution is 2.52. The van der Waals surface area contributed by atoms with E-state index in [0.717, 1.165) is 24.8 Å². The molecule has 1 aliphatic heterocycles. The summed E-state index contributed by atoms with van der Waals surface area (Å²) in [5.74, 6) is -1.47. The number of amides is 3. The molecule has 0 spiro atoms. The van der Waals surface area contributed by atoms with Gasteiger partial charge < -0.3 is 29.3 Å². The second-order valence-corrected chi connectivity index (χ2v) is 11.6. The van der Waals surface area contributed by atoms with Gasteiger partial charge in [-0.1, -0.05) is 72.8 Å². The van der Waals surface area contributed by atoms with Crippen LogP contribution in [0.25, 0.3) is 0 Å². The minimum Gasteiger partial charge on any atom is -0.378 e. The number of nitrogens with zero attached hydrogens (tertiary/aromatic N) is 1. The lowest BCUT2D eigenvalue weighted by Crippen LogP contribution is -2.55. The maximum atomic E-state index is 13.8. The maximum absolute atomic E-state index is 13.8. The van der Waals surface area contributed by atoms with Gasteiger partial charge in [0.1, 0.15) is 11.8 Å². The lowest BCUT2D eigenvalue weighted by molar-refractivity contribution is -0.123. The Bertz CT molecular complexity index is 1100. The van der Waals surface area contributed by atoms with E-state index in [-0.39, 0.29) is 25.7 Å². The molecule has 2 N–H and O–H groups in total. The third-order valence-corrected chi connectivity index (χ3v) is 8.66. The Hall–Kier alpha value is -2.97. The van der Waals surface area contributed by atoms with Crippen molar-refractivity contribution < 1.29 is 27.9 Å². The molecule has 0 aliphatic carbocycles. The summed E-state index contributed by atoms with van der Waals surface area (Å²) in [6, 6.07) is 18.4. The first kappa shape index (κ1) is 31.6. The highest BCUT2D eigenvalue weighted by molar-refractivity contribution is 7.54. The van der Waals surface area contributed by atoms with Gasteiger partial charge in [-0.2, -0.15) is 0 Å². The topological polar surface area (TPSA) is 106 Å². The SMILES string of the molecule is CCOP(=O)(OCC)[C@@H](C=CCCCc1ccccc1)NC(=O)[C@H](Cc1ccccc1)NC(=O)N1CCOCC1. The molecular weight excluding hydrogens is 529 g/mol. The minimum absolute atomic E-state index is 0.159. The average molecular weight is 572 g/mol. The van der Waals surface area contributed by atoms with E-state index in [4.69, 9.17) is 13.8 Å². The molecule has 2 aromatic rings. The fourth-order valence-corrected chi connectivity index (χ4v) is 6.13. The van der Waals surface area contributed by atoms with Crippen LogP contribution in [0.15, 0.2) is 72.8 Å². The van der Waals surface area contributed by atoms with Crippen molar-refractivity contribution in [2.75, 3.05) is 39.5 Å². The molecular formula is C30H42N3O6P.